The number of hydrogen-bond acceptors (Lipinski definition) is 3. The van der Waals surface area contributed by atoms with Gasteiger partial charge in [-0.25, -0.2) is 0 Å². The van der Waals surface area contributed by atoms with Gasteiger partial charge in [0.1, 0.15) is 0 Å². The molecule has 0 saturated heterocycles. The Morgan fingerprint density at radius 1 is 1.33 bits per heavy atom. The molecule has 1 amide bonds. The largest absolute Gasteiger partial charge is 0.399 e. The van der Waals surface area contributed by atoms with E-state index in [1.54, 1.807) is 24.3 Å². The molecule has 0 aliphatic rings. The number of anilines is 1. The molecule has 1 aromatic rings. The lowest BCUT2D eigenvalue weighted by molar-refractivity contribution is -0.119. The van der Waals surface area contributed by atoms with Crippen molar-refractivity contribution in [1.29, 1.82) is 0 Å². The Bertz CT molecular complexity index is 441. The Labute approximate surface area is 108 Å². The number of rotatable bonds is 5. The Hall–Kier alpha value is -1.84. The lowest BCUT2D eigenvalue weighted by Gasteiger charge is -2.18. The molecule has 3 N–H and O–H groups in total. The number of ketones is 1. The van der Waals surface area contributed by atoms with E-state index < -0.39 is 6.04 Å². The monoisotopic (exact) mass is 248 g/mol. The standard InChI is InChI=1S/C14H20N2O2/c1-9(2)7-13(10(3)17)16-14(18)11-5-4-6-12(15)8-11/h4-6,8-9,13H,7,15H2,1-3H3,(H,16,18)/t13-/m0/s1. The number of hydrogen-bond donors (Lipinski definition) is 2. The van der Waals surface area contributed by atoms with Crippen LogP contribution >= 0.6 is 0 Å². The summed E-state index contributed by atoms with van der Waals surface area (Å²) in [6.45, 7) is 5.53. The van der Waals surface area contributed by atoms with Crippen molar-refractivity contribution in [3.05, 3.63) is 29.8 Å². The first-order valence-electron chi connectivity index (χ1n) is 6.07. The van der Waals surface area contributed by atoms with E-state index >= 15 is 0 Å². The van der Waals surface area contributed by atoms with Crippen molar-refractivity contribution < 1.29 is 9.59 Å². The molecule has 0 bridgehead atoms. The van der Waals surface area contributed by atoms with Crippen LogP contribution in [-0.2, 0) is 4.79 Å². The number of Topliss-reactive ketones (excluding diaryl/α,β-unsaturated/α-hetero) is 1. The smallest absolute Gasteiger partial charge is 0.251 e. The van der Waals surface area contributed by atoms with E-state index in [0.29, 0.717) is 23.6 Å². The highest BCUT2D eigenvalue weighted by Gasteiger charge is 2.19. The molecule has 0 heterocycles. The van der Waals surface area contributed by atoms with Gasteiger partial charge in [-0.15, -0.1) is 0 Å². The van der Waals surface area contributed by atoms with Gasteiger partial charge in [-0.1, -0.05) is 19.9 Å². The normalized spacial score (nSPS) is 12.2. The minimum absolute atomic E-state index is 0.0269. The molecular formula is C14H20N2O2. The van der Waals surface area contributed by atoms with Crippen molar-refractivity contribution in [3.63, 3.8) is 0 Å². The van der Waals surface area contributed by atoms with Crippen LogP contribution in [0, 0.1) is 5.92 Å². The van der Waals surface area contributed by atoms with Crippen LogP contribution in [0.15, 0.2) is 24.3 Å². The molecule has 0 aliphatic carbocycles. The molecule has 1 atom stereocenters. The van der Waals surface area contributed by atoms with Gasteiger partial charge in [0, 0.05) is 11.3 Å². The van der Waals surface area contributed by atoms with Gasteiger partial charge in [-0.3, -0.25) is 9.59 Å². The summed E-state index contributed by atoms with van der Waals surface area (Å²) in [4.78, 5) is 23.4. The van der Waals surface area contributed by atoms with Crippen molar-refractivity contribution in [2.24, 2.45) is 5.92 Å². The average molecular weight is 248 g/mol. The predicted molar refractivity (Wildman–Crippen MR) is 72.2 cm³/mol. The fourth-order valence-electron chi connectivity index (χ4n) is 1.72. The van der Waals surface area contributed by atoms with Gasteiger partial charge in [0.2, 0.25) is 0 Å². The molecule has 1 aromatic carbocycles. The van der Waals surface area contributed by atoms with E-state index in [1.807, 2.05) is 13.8 Å². The molecular weight excluding hydrogens is 228 g/mol. The van der Waals surface area contributed by atoms with Gasteiger partial charge in [-0.05, 0) is 37.5 Å². The van der Waals surface area contributed by atoms with Gasteiger partial charge in [-0.2, -0.15) is 0 Å². The highest BCUT2D eigenvalue weighted by atomic mass is 16.2. The highest BCUT2D eigenvalue weighted by molar-refractivity contribution is 5.98. The lowest BCUT2D eigenvalue weighted by Crippen LogP contribution is -2.40. The van der Waals surface area contributed by atoms with Crippen LogP contribution in [0.3, 0.4) is 0 Å². The van der Waals surface area contributed by atoms with Crippen LogP contribution in [0.2, 0.25) is 0 Å². The zero-order valence-electron chi connectivity index (χ0n) is 11.1. The van der Waals surface area contributed by atoms with Crippen molar-refractivity contribution in [2.45, 2.75) is 33.2 Å². The molecule has 0 spiro atoms. The zero-order chi connectivity index (χ0) is 13.7. The second-order valence-corrected chi connectivity index (χ2v) is 4.89. The summed E-state index contributed by atoms with van der Waals surface area (Å²) in [6.07, 6.45) is 0.642. The Balaban J connectivity index is 2.75. The summed E-state index contributed by atoms with van der Waals surface area (Å²) in [7, 11) is 0. The summed E-state index contributed by atoms with van der Waals surface area (Å²) in [5.41, 5.74) is 6.63. The second kappa shape index (κ2) is 6.19. The first-order valence-corrected chi connectivity index (χ1v) is 6.07. The molecule has 4 heteroatoms. The topological polar surface area (TPSA) is 72.2 Å². The second-order valence-electron chi connectivity index (χ2n) is 4.89. The Morgan fingerprint density at radius 3 is 2.50 bits per heavy atom. The third kappa shape index (κ3) is 4.20. The summed E-state index contributed by atoms with van der Waals surface area (Å²) in [5.74, 6) is 0.0594. The van der Waals surface area contributed by atoms with E-state index in [0.717, 1.165) is 0 Å². The lowest BCUT2D eigenvalue weighted by atomic mass is 10.0. The summed E-state index contributed by atoms with van der Waals surface area (Å²) < 4.78 is 0. The maximum Gasteiger partial charge on any atom is 0.251 e. The minimum Gasteiger partial charge on any atom is -0.399 e. The van der Waals surface area contributed by atoms with Gasteiger partial charge in [0.25, 0.3) is 5.91 Å². The zero-order valence-corrected chi connectivity index (χ0v) is 11.1. The summed E-state index contributed by atoms with van der Waals surface area (Å²) in [5, 5.41) is 2.75. The highest BCUT2D eigenvalue weighted by Crippen LogP contribution is 2.09. The number of carbonyl (C=O) groups excluding carboxylic acids is 2. The van der Waals surface area contributed by atoms with E-state index in [1.165, 1.54) is 6.92 Å². The van der Waals surface area contributed by atoms with E-state index in [-0.39, 0.29) is 11.7 Å². The van der Waals surface area contributed by atoms with Crippen molar-refractivity contribution >= 4 is 17.4 Å². The first kappa shape index (κ1) is 14.2. The van der Waals surface area contributed by atoms with Gasteiger partial charge in [0.15, 0.2) is 5.78 Å². The SMILES string of the molecule is CC(=O)[C@H](CC(C)C)NC(=O)c1cccc(N)c1. The Morgan fingerprint density at radius 2 is 2.00 bits per heavy atom. The third-order valence-electron chi connectivity index (χ3n) is 2.65. The fraction of sp³-hybridized carbons (Fsp3) is 0.429. The molecule has 0 radical (unpaired) electrons. The van der Waals surface area contributed by atoms with Crippen molar-refractivity contribution in [3.8, 4) is 0 Å². The minimum atomic E-state index is -0.432. The first-order chi connectivity index (χ1) is 8.40. The molecule has 0 fully saturated rings. The molecule has 0 unspecified atom stereocenters. The molecule has 98 valence electrons. The van der Waals surface area contributed by atoms with Gasteiger partial charge < -0.3 is 11.1 Å². The number of carbonyl (C=O) groups is 2. The van der Waals surface area contributed by atoms with Crippen LogP contribution in [0.5, 0.6) is 0 Å². The van der Waals surface area contributed by atoms with E-state index in [2.05, 4.69) is 5.32 Å². The maximum atomic E-state index is 12.0. The van der Waals surface area contributed by atoms with Crippen molar-refractivity contribution in [2.75, 3.05) is 5.73 Å². The molecule has 0 aromatic heterocycles. The number of nitrogens with two attached hydrogens (primary N) is 1. The maximum absolute atomic E-state index is 12.0. The predicted octanol–water partition coefficient (Wildman–Crippen LogP) is 2.00. The van der Waals surface area contributed by atoms with Crippen LogP contribution < -0.4 is 11.1 Å². The van der Waals surface area contributed by atoms with Crippen LogP contribution in [-0.4, -0.2) is 17.7 Å². The number of amides is 1. The molecule has 4 nitrogen and oxygen atoms in total. The third-order valence-corrected chi connectivity index (χ3v) is 2.65. The Kier molecular flexibility index (Phi) is 4.89. The number of benzene rings is 1. The fourth-order valence-corrected chi connectivity index (χ4v) is 1.72. The molecule has 0 saturated carbocycles. The van der Waals surface area contributed by atoms with Crippen LogP contribution in [0.25, 0.3) is 0 Å². The number of nitrogen functional groups attached to an aromatic ring is 1. The summed E-state index contributed by atoms with van der Waals surface area (Å²) in [6, 6.07) is 6.28. The van der Waals surface area contributed by atoms with Crippen LogP contribution in [0.1, 0.15) is 37.6 Å². The van der Waals surface area contributed by atoms with E-state index in [4.69, 9.17) is 5.73 Å². The van der Waals surface area contributed by atoms with Crippen molar-refractivity contribution in [1.82, 2.24) is 5.32 Å². The van der Waals surface area contributed by atoms with Gasteiger partial charge >= 0.3 is 0 Å². The number of nitrogens with one attached hydrogen (secondary N) is 1. The van der Waals surface area contributed by atoms with E-state index in [9.17, 15) is 9.59 Å². The average Bonchev–Trinajstić information content (AvgIpc) is 2.27. The van der Waals surface area contributed by atoms with Gasteiger partial charge in [0.05, 0.1) is 6.04 Å². The summed E-state index contributed by atoms with van der Waals surface area (Å²) >= 11 is 0. The molecule has 0 aliphatic heterocycles. The van der Waals surface area contributed by atoms with Crippen LogP contribution in [0.4, 0.5) is 5.69 Å². The molecule has 18 heavy (non-hydrogen) atoms. The quantitative estimate of drug-likeness (QED) is 0.783. The molecule has 1 rings (SSSR count).